The van der Waals surface area contributed by atoms with Crippen LogP contribution in [0.5, 0.6) is 5.75 Å². The summed E-state index contributed by atoms with van der Waals surface area (Å²) in [6, 6.07) is 14.7. The Morgan fingerprint density at radius 1 is 1.23 bits per heavy atom. The number of methoxy groups -OCH3 is 1. The molecule has 1 aliphatic heterocycles. The molecule has 1 unspecified atom stereocenters. The molecule has 1 aliphatic rings. The van der Waals surface area contributed by atoms with E-state index in [2.05, 4.69) is 20.6 Å². The second-order valence-electron chi connectivity index (χ2n) is 6.76. The molecule has 0 saturated carbocycles. The number of benzene rings is 2. The first-order valence-corrected chi connectivity index (χ1v) is 10.1. The van der Waals surface area contributed by atoms with Crippen molar-refractivity contribution in [1.29, 1.82) is 0 Å². The fourth-order valence-electron chi connectivity index (χ4n) is 2.89. The highest BCUT2D eigenvalue weighted by Crippen LogP contribution is 2.14. The van der Waals surface area contributed by atoms with Gasteiger partial charge < -0.3 is 19.5 Å². The van der Waals surface area contributed by atoms with Crippen molar-refractivity contribution in [3.05, 3.63) is 65.2 Å². The third kappa shape index (κ3) is 6.82. The number of esters is 1. The van der Waals surface area contributed by atoms with Crippen molar-refractivity contribution in [1.82, 2.24) is 10.7 Å². The fraction of sp³-hybridized carbons (Fsp3) is 0.318. The molecule has 0 spiro atoms. The Labute approximate surface area is 181 Å². The third-order valence-electron chi connectivity index (χ3n) is 4.55. The van der Waals surface area contributed by atoms with Crippen molar-refractivity contribution < 1.29 is 19.0 Å². The molecular weight excluding hydrogens is 402 g/mol. The van der Waals surface area contributed by atoms with Crippen molar-refractivity contribution in [2.24, 2.45) is 5.10 Å². The summed E-state index contributed by atoms with van der Waals surface area (Å²) in [6.45, 7) is 1.92. The number of carbonyl (C=O) groups excluding carboxylic acids is 1. The average molecular weight is 428 g/mol. The van der Waals surface area contributed by atoms with Gasteiger partial charge in [0.15, 0.2) is 5.11 Å². The first kappa shape index (κ1) is 21.7. The van der Waals surface area contributed by atoms with Crippen molar-refractivity contribution in [2.75, 3.05) is 20.3 Å². The summed E-state index contributed by atoms with van der Waals surface area (Å²) in [6.07, 6.45) is 4.08. The van der Waals surface area contributed by atoms with Gasteiger partial charge in [-0.05, 0) is 72.6 Å². The molecule has 7 nitrogen and oxygen atoms in total. The number of nitrogens with zero attached hydrogens (tertiary/aromatic N) is 1. The maximum Gasteiger partial charge on any atom is 0.337 e. The normalized spacial score (nSPS) is 15.7. The second-order valence-corrected chi connectivity index (χ2v) is 7.17. The Hall–Kier alpha value is -2.97. The van der Waals surface area contributed by atoms with Crippen molar-refractivity contribution in [3.8, 4) is 5.75 Å². The number of hydrogen-bond acceptors (Lipinski definition) is 6. The minimum atomic E-state index is -0.353. The summed E-state index contributed by atoms with van der Waals surface area (Å²) in [5.41, 5.74) is 5.19. The number of rotatable bonds is 8. The van der Waals surface area contributed by atoms with Gasteiger partial charge >= 0.3 is 5.97 Å². The SMILES string of the molecule is COC(=O)c1ccc(COc2ccc(C=NNC(=S)NCC3CCCO3)cc2)cc1. The summed E-state index contributed by atoms with van der Waals surface area (Å²) in [7, 11) is 1.36. The number of thiocarbonyl (C=S) groups is 1. The molecule has 2 aromatic carbocycles. The van der Waals surface area contributed by atoms with Crippen molar-refractivity contribution in [2.45, 2.75) is 25.6 Å². The molecule has 1 heterocycles. The fourth-order valence-corrected chi connectivity index (χ4v) is 3.02. The summed E-state index contributed by atoms with van der Waals surface area (Å²) >= 11 is 5.20. The molecule has 0 radical (unpaired) electrons. The molecule has 8 heteroatoms. The lowest BCUT2D eigenvalue weighted by Crippen LogP contribution is -2.37. The first-order valence-electron chi connectivity index (χ1n) is 9.72. The minimum Gasteiger partial charge on any atom is -0.489 e. The van der Waals surface area contributed by atoms with E-state index in [9.17, 15) is 4.79 Å². The van der Waals surface area contributed by atoms with Crippen molar-refractivity contribution >= 4 is 29.5 Å². The number of hydrazone groups is 1. The zero-order valence-electron chi connectivity index (χ0n) is 16.8. The van der Waals surface area contributed by atoms with Gasteiger partial charge in [-0.3, -0.25) is 5.43 Å². The molecule has 0 amide bonds. The van der Waals surface area contributed by atoms with E-state index in [0.717, 1.165) is 36.3 Å². The molecule has 0 bridgehead atoms. The predicted octanol–water partition coefficient (Wildman–Crippen LogP) is 3.03. The predicted molar refractivity (Wildman–Crippen MR) is 119 cm³/mol. The van der Waals surface area contributed by atoms with Crippen LogP contribution in [0.15, 0.2) is 53.6 Å². The Kier molecular flexibility index (Phi) is 8.17. The average Bonchev–Trinajstić information content (AvgIpc) is 3.31. The molecule has 0 aromatic heterocycles. The van der Waals surface area contributed by atoms with Crippen LogP contribution in [0.3, 0.4) is 0 Å². The Balaban J connectivity index is 1.40. The number of ether oxygens (including phenoxy) is 3. The third-order valence-corrected chi connectivity index (χ3v) is 4.79. The second kappa shape index (κ2) is 11.3. The van der Waals surface area contributed by atoms with E-state index < -0.39 is 0 Å². The van der Waals surface area contributed by atoms with E-state index in [1.54, 1.807) is 18.3 Å². The van der Waals surface area contributed by atoms with Gasteiger partial charge in [-0.25, -0.2) is 4.79 Å². The standard InChI is InChI=1S/C22H25N3O4S/c1-27-21(26)18-8-4-17(5-9-18)15-29-19-10-6-16(7-11-19)13-24-25-22(30)23-14-20-3-2-12-28-20/h4-11,13,20H,2-3,12,14-15H2,1H3,(H2,23,25,30). The van der Waals surface area contributed by atoms with Gasteiger partial charge in [0.05, 0.1) is 25.0 Å². The van der Waals surface area contributed by atoms with Gasteiger partial charge in [-0.2, -0.15) is 5.10 Å². The van der Waals surface area contributed by atoms with E-state index in [1.807, 2.05) is 36.4 Å². The van der Waals surface area contributed by atoms with Gasteiger partial charge in [0.1, 0.15) is 12.4 Å². The molecule has 2 N–H and O–H groups in total. The topological polar surface area (TPSA) is 81.2 Å². The summed E-state index contributed by atoms with van der Waals surface area (Å²) in [5.74, 6) is 0.388. The Bertz CT molecular complexity index is 863. The zero-order chi connectivity index (χ0) is 21.2. The monoisotopic (exact) mass is 427 g/mol. The molecule has 1 fully saturated rings. The van der Waals surface area contributed by atoms with E-state index in [1.165, 1.54) is 7.11 Å². The van der Waals surface area contributed by atoms with Crippen LogP contribution in [0.25, 0.3) is 0 Å². The van der Waals surface area contributed by atoms with Gasteiger partial charge in [0.25, 0.3) is 0 Å². The van der Waals surface area contributed by atoms with Crippen LogP contribution >= 0.6 is 12.2 Å². The van der Waals surface area contributed by atoms with Crippen LogP contribution in [0.1, 0.15) is 34.3 Å². The lowest BCUT2D eigenvalue weighted by molar-refractivity contribution is 0.0600. The molecule has 3 rings (SSSR count). The molecule has 1 atom stereocenters. The molecular formula is C22H25N3O4S. The van der Waals surface area contributed by atoms with Crippen LogP contribution < -0.4 is 15.5 Å². The highest BCUT2D eigenvalue weighted by Gasteiger charge is 2.15. The van der Waals surface area contributed by atoms with Gasteiger partial charge in [-0.1, -0.05) is 12.1 Å². The molecule has 30 heavy (non-hydrogen) atoms. The van der Waals surface area contributed by atoms with Crippen LogP contribution in [0.4, 0.5) is 0 Å². The largest absolute Gasteiger partial charge is 0.489 e. The smallest absolute Gasteiger partial charge is 0.337 e. The number of nitrogens with one attached hydrogen (secondary N) is 2. The summed E-state index contributed by atoms with van der Waals surface area (Å²) in [4.78, 5) is 11.5. The Morgan fingerprint density at radius 3 is 2.67 bits per heavy atom. The van der Waals surface area contributed by atoms with E-state index >= 15 is 0 Å². The summed E-state index contributed by atoms with van der Waals surface area (Å²) in [5, 5.41) is 7.71. The first-order chi connectivity index (χ1) is 14.6. The van der Waals surface area contributed by atoms with Gasteiger partial charge in [-0.15, -0.1) is 0 Å². The van der Waals surface area contributed by atoms with Crippen LogP contribution in [0.2, 0.25) is 0 Å². The molecule has 158 valence electrons. The highest BCUT2D eigenvalue weighted by molar-refractivity contribution is 7.80. The van der Waals surface area contributed by atoms with Crippen LogP contribution in [0, 0.1) is 0 Å². The van der Waals surface area contributed by atoms with Crippen LogP contribution in [-0.4, -0.2) is 43.7 Å². The Morgan fingerprint density at radius 2 is 2.00 bits per heavy atom. The lowest BCUT2D eigenvalue weighted by Gasteiger charge is -2.11. The van der Waals surface area contributed by atoms with Gasteiger partial charge in [0.2, 0.25) is 0 Å². The zero-order valence-corrected chi connectivity index (χ0v) is 17.6. The highest BCUT2D eigenvalue weighted by atomic mass is 32.1. The maximum absolute atomic E-state index is 11.5. The molecule has 2 aromatic rings. The number of hydrogen-bond donors (Lipinski definition) is 2. The van der Waals surface area contributed by atoms with Crippen molar-refractivity contribution in [3.63, 3.8) is 0 Å². The van der Waals surface area contributed by atoms with Gasteiger partial charge in [0, 0.05) is 13.2 Å². The molecule has 1 saturated heterocycles. The van der Waals surface area contributed by atoms with Crippen LogP contribution in [-0.2, 0) is 16.1 Å². The summed E-state index contributed by atoms with van der Waals surface area (Å²) < 4.78 is 16.0. The quantitative estimate of drug-likeness (QED) is 0.290. The van der Waals surface area contributed by atoms with E-state index in [-0.39, 0.29) is 12.1 Å². The molecule has 0 aliphatic carbocycles. The maximum atomic E-state index is 11.5. The van der Waals surface area contributed by atoms with E-state index in [4.69, 9.17) is 21.7 Å². The van der Waals surface area contributed by atoms with E-state index in [0.29, 0.717) is 23.8 Å². The minimum absolute atomic E-state index is 0.229. The lowest BCUT2D eigenvalue weighted by atomic mass is 10.1. The number of carbonyl (C=O) groups is 1.